The number of para-hydroxylation sites is 1. The van der Waals surface area contributed by atoms with Crippen molar-refractivity contribution >= 4 is 33.2 Å². The van der Waals surface area contributed by atoms with Crippen molar-refractivity contribution in [1.82, 2.24) is 10.2 Å². The van der Waals surface area contributed by atoms with Crippen LogP contribution >= 0.6 is 11.6 Å². The lowest BCUT2D eigenvalue weighted by Gasteiger charge is -2.48. The van der Waals surface area contributed by atoms with Crippen LogP contribution in [0.15, 0.2) is 53.4 Å². The van der Waals surface area contributed by atoms with Gasteiger partial charge in [-0.15, -0.1) is 0 Å². The molecule has 1 heterocycles. The van der Waals surface area contributed by atoms with Gasteiger partial charge in [-0.1, -0.05) is 55.5 Å². The first-order chi connectivity index (χ1) is 15.9. The molecule has 0 bridgehead atoms. The van der Waals surface area contributed by atoms with Gasteiger partial charge >= 0.3 is 0 Å². The number of likely N-dealkylation sites (tertiary alicyclic amines) is 1. The minimum atomic E-state index is -3.88. The summed E-state index contributed by atoms with van der Waals surface area (Å²) in [6.45, 7) is 2.79. The van der Waals surface area contributed by atoms with Gasteiger partial charge in [0.15, 0.2) is 0 Å². The maximum Gasteiger partial charge on any atom is 0.261 e. The number of carbonyl (C=O) groups excluding carboxylic acids is 1. The van der Waals surface area contributed by atoms with Gasteiger partial charge in [-0.2, -0.15) is 0 Å². The van der Waals surface area contributed by atoms with Crippen LogP contribution in [0.3, 0.4) is 0 Å². The minimum Gasteiger partial charge on any atom is -0.350 e. The summed E-state index contributed by atoms with van der Waals surface area (Å²) in [5.74, 6) is -0.244. The number of benzene rings is 2. The number of hydrogen-bond donors (Lipinski definition) is 2. The number of amides is 1. The lowest BCUT2D eigenvalue weighted by atomic mass is 9.79. The average Bonchev–Trinajstić information content (AvgIpc) is 2.85. The van der Waals surface area contributed by atoms with E-state index in [1.54, 1.807) is 36.4 Å². The molecule has 1 amide bonds. The molecule has 8 heteroatoms. The Hall–Kier alpha value is -2.09. The van der Waals surface area contributed by atoms with Gasteiger partial charge in [-0.3, -0.25) is 14.4 Å². The standard InChI is InChI=1S/C25H32ClN3O3S/c26-22-12-3-4-13-23(22)28-33(31,32)21-11-9-10-20(18-21)24(30)27-19-25(14-5-1-6-15-25)29-16-7-2-8-17-29/h3-4,9-13,18,28H,1-2,5-8,14-17,19H2,(H,27,30). The van der Waals surface area contributed by atoms with Gasteiger partial charge in [0.05, 0.1) is 15.6 Å². The van der Waals surface area contributed by atoms with Gasteiger partial charge < -0.3 is 5.32 Å². The molecule has 33 heavy (non-hydrogen) atoms. The monoisotopic (exact) mass is 489 g/mol. The first kappa shape index (κ1) is 24.0. The van der Waals surface area contributed by atoms with E-state index in [1.807, 2.05) is 0 Å². The molecular formula is C25H32ClN3O3S. The zero-order valence-electron chi connectivity index (χ0n) is 18.9. The van der Waals surface area contributed by atoms with Gasteiger partial charge in [0.2, 0.25) is 0 Å². The molecule has 4 rings (SSSR count). The van der Waals surface area contributed by atoms with Crippen molar-refractivity contribution < 1.29 is 13.2 Å². The molecule has 0 spiro atoms. The van der Waals surface area contributed by atoms with E-state index in [2.05, 4.69) is 14.9 Å². The number of sulfonamides is 1. The Morgan fingerprint density at radius 2 is 1.64 bits per heavy atom. The molecule has 178 valence electrons. The van der Waals surface area contributed by atoms with Gasteiger partial charge in [0.1, 0.15) is 0 Å². The van der Waals surface area contributed by atoms with Crippen molar-refractivity contribution in [2.24, 2.45) is 0 Å². The summed E-state index contributed by atoms with van der Waals surface area (Å²) < 4.78 is 28.3. The van der Waals surface area contributed by atoms with Crippen molar-refractivity contribution in [2.75, 3.05) is 24.4 Å². The zero-order valence-corrected chi connectivity index (χ0v) is 20.4. The number of nitrogens with zero attached hydrogens (tertiary/aromatic N) is 1. The number of piperidine rings is 1. The van der Waals surface area contributed by atoms with Crippen molar-refractivity contribution in [3.8, 4) is 0 Å². The smallest absolute Gasteiger partial charge is 0.261 e. The second-order valence-electron chi connectivity index (χ2n) is 9.13. The van der Waals surface area contributed by atoms with Crippen LogP contribution in [0, 0.1) is 0 Å². The lowest BCUT2D eigenvalue weighted by Crippen LogP contribution is -2.58. The highest BCUT2D eigenvalue weighted by atomic mass is 35.5. The van der Waals surface area contributed by atoms with E-state index in [9.17, 15) is 13.2 Å². The molecule has 2 aromatic rings. The average molecular weight is 490 g/mol. The summed E-state index contributed by atoms with van der Waals surface area (Å²) in [6, 6.07) is 12.8. The highest BCUT2D eigenvalue weighted by Gasteiger charge is 2.38. The molecule has 1 saturated heterocycles. The molecule has 2 aliphatic rings. The van der Waals surface area contributed by atoms with Crippen LogP contribution in [0.1, 0.15) is 61.7 Å². The van der Waals surface area contributed by atoms with E-state index >= 15 is 0 Å². The molecule has 0 aromatic heterocycles. The number of carbonyl (C=O) groups is 1. The highest BCUT2D eigenvalue weighted by Crippen LogP contribution is 2.35. The second-order valence-corrected chi connectivity index (χ2v) is 11.2. The first-order valence-corrected chi connectivity index (χ1v) is 13.7. The van der Waals surface area contributed by atoms with E-state index in [0.29, 0.717) is 22.8 Å². The second kappa shape index (κ2) is 10.5. The van der Waals surface area contributed by atoms with Crippen LogP contribution in [0.4, 0.5) is 5.69 Å². The third-order valence-corrected chi connectivity index (χ3v) is 8.61. The fraction of sp³-hybridized carbons (Fsp3) is 0.480. The van der Waals surface area contributed by atoms with Crippen molar-refractivity contribution in [2.45, 2.75) is 61.8 Å². The van der Waals surface area contributed by atoms with Crippen LogP contribution < -0.4 is 10.0 Å². The minimum absolute atomic E-state index is 0.0175. The topological polar surface area (TPSA) is 78.5 Å². The maximum atomic E-state index is 13.0. The van der Waals surface area contributed by atoms with Crippen LogP contribution in [0.5, 0.6) is 0 Å². The van der Waals surface area contributed by atoms with Crippen LogP contribution in [0.2, 0.25) is 5.02 Å². The summed E-state index contributed by atoms with van der Waals surface area (Å²) in [4.78, 5) is 15.7. The van der Waals surface area contributed by atoms with Gasteiger partial charge in [-0.05, 0) is 69.1 Å². The fourth-order valence-electron chi connectivity index (χ4n) is 5.08. The highest BCUT2D eigenvalue weighted by molar-refractivity contribution is 7.92. The Morgan fingerprint density at radius 1 is 0.939 bits per heavy atom. The molecule has 0 atom stereocenters. The van der Waals surface area contributed by atoms with E-state index < -0.39 is 10.0 Å². The lowest BCUT2D eigenvalue weighted by molar-refractivity contribution is 0.0326. The van der Waals surface area contributed by atoms with Crippen LogP contribution in [-0.4, -0.2) is 44.4 Å². The van der Waals surface area contributed by atoms with E-state index in [4.69, 9.17) is 11.6 Å². The molecular weight excluding hydrogens is 458 g/mol. The number of halogens is 1. The SMILES string of the molecule is O=C(NCC1(N2CCCCC2)CCCCC1)c1cccc(S(=O)(=O)Nc2ccccc2Cl)c1. The predicted molar refractivity (Wildman–Crippen MR) is 132 cm³/mol. The zero-order chi connectivity index (χ0) is 23.3. The van der Waals surface area contributed by atoms with Gasteiger partial charge in [0.25, 0.3) is 15.9 Å². The van der Waals surface area contributed by atoms with E-state index in [0.717, 1.165) is 25.9 Å². The largest absolute Gasteiger partial charge is 0.350 e. The molecule has 1 aliphatic carbocycles. The summed E-state index contributed by atoms with van der Waals surface area (Å²) >= 11 is 6.10. The summed E-state index contributed by atoms with van der Waals surface area (Å²) in [7, 11) is -3.88. The number of hydrogen-bond acceptors (Lipinski definition) is 4. The fourth-order valence-corrected chi connectivity index (χ4v) is 6.45. The van der Waals surface area contributed by atoms with Crippen molar-refractivity contribution in [3.05, 3.63) is 59.1 Å². The molecule has 1 aliphatic heterocycles. The molecule has 2 aromatic carbocycles. The van der Waals surface area contributed by atoms with Gasteiger partial charge in [0, 0.05) is 17.6 Å². The number of nitrogens with one attached hydrogen (secondary N) is 2. The normalized spacial score (nSPS) is 19.1. The van der Waals surface area contributed by atoms with Crippen molar-refractivity contribution in [1.29, 1.82) is 0 Å². The molecule has 6 nitrogen and oxygen atoms in total. The Labute approximate surface area is 201 Å². The Kier molecular flexibility index (Phi) is 7.62. The van der Waals surface area contributed by atoms with E-state index in [1.165, 1.54) is 50.7 Å². The maximum absolute atomic E-state index is 13.0. The van der Waals surface area contributed by atoms with Crippen LogP contribution in [-0.2, 0) is 10.0 Å². The summed E-state index contributed by atoms with van der Waals surface area (Å²) in [5.41, 5.74) is 0.653. The van der Waals surface area contributed by atoms with Crippen LogP contribution in [0.25, 0.3) is 0 Å². The number of anilines is 1. The predicted octanol–water partition coefficient (Wildman–Crippen LogP) is 5.06. The number of rotatable bonds is 7. The third-order valence-electron chi connectivity index (χ3n) is 6.91. The summed E-state index contributed by atoms with van der Waals surface area (Å²) in [6.07, 6.45) is 9.54. The van der Waals surface area contributed by atoms with Crippen molar-refractivity contribution in [3.63, 3.8) is 0 Å². The third kappa shape index (κ3) is 5.70. The first-order valence-electron chi connectivity index (χ1n) is 11.8. The van der Waals surface area contributed by atoms with Gasteiger partial charge in [-0.25, -0.2) is 8.42 Å². The quantitative estimate of drug-likeness (QED) is 0.569. The summed E-state index contributed by atoms with van der Waals surface area (Å²) in [5, 5.41) is 3.44. The Bertz CT molecular complexity index is 1080. The Morgan fingerprint density at radius 3 is 2.36 bits per heavy atom. The molecule has 0 unspecified atom stereocenters. The van der Waals surface area contributed by atoms with E-state index in [-0.39, 0.29) is 16.3 Å². The molecule has 1 saturated carbocycles. The Balaban J connectivity index is 1.47. The molecule has 2 fully saturated rings. The molecule has 2 N–H and O–H groups in total. The molecule has 0 radical (unpaired) electrons.